The second kappa shape index (κ2) is 5.59. The van der Waals surface area contributed by atoms with Gasteiger partial charge in [-0.05, 0) is 44.1 Å². The first-order valence-electron chi connectivity index (χ1n) is 7.08. The molecule has 1 saturated heterocycles. The minimum absolute atomic E-state index is 0.286. The fraction of sp³-hybridized carbons (Fsp3) is 0.500. The van der Waals surface area contributed by atoms with Crippen molar-refractivity contribution in [3.8, 4) is 0 Å². The van der Waals surface area contributed by atoms with Gasteiger partial charge in [0.15, 0.2) is 0 Å². The summed E-state index contributed by atoms with van der Waals surface area (Å²) in [7, 11) is 0. The summed E-state index contributed by atoms with van der Waals surface area (Å²) in [5.74, 6) is 2.41. The molecule has 0 radical (unpaired) electrons. The van der Waals surface area contributed by atoms with Crippen LogP contribution in [-0.4, -0.2) is 17.5 Å². The average Bonchev–Trinajstić information content (AvgIpc) is 3.05. The highest BCUT2D eigenvalue weighted by Gasteiger charge is 2.19. The van der Waals surface area contributed by atoms with Crippen molar-refractivity contribution in [2.75, 3.05) is 12.3 Å². The fourth-order valence-electron chi connectivity index (χ4n) is 2.81. The van der Waals surface area contributed by atoms with Gasteiger partial charge in [-0.25, -0.2) is 0 Å². The largest absolute Gasteiger partial charge is 0.459 e. The van der Waals surface area contributed by atoms with Gasteiger partial charge in [-0.2, -0.15) is 11.8 Å². The van der Waals surface area contributed by atoms with Gasteiger partial charge < -0.3 is 9.73 Å². The van der Waals surface area contributed by atoms with Gasteiger partial charge in [0, 0.05) is 17.2 Å². The van der Waals surface area contributed by atoms with Crippen molar-refractivity contribution in [3.63, 3.8) is 0 Å². The number of para-hydroxylation sites is 1. The first-order chi connectivity index (χ1) is 9.25. The van der Waals surface area contributed by atoms with Crippen LogP contribution in [0, 0.1) is 6.92 Å². The van der Waals surface area contributed by atoms with E-state index in [1.54, 1.807) is 0 Å². The second-order valence-corrected chi connectivity index (χ2v) is 6.76. The molecule has 2 unspecified atom stereocenters. The maximum atomic E-state index is 6.01. The first-order valence-corrected chi connectivity index (χ1v) is 8.13. The van der Waals surface area contributed by atoms with E-state index in [-0.39, 0.29) is 6.04 Å². The van der Waals surface area contributed by atoms with Crippen LogP contribution in [0.3, 0.4) is 0 Å². The highest BCUT2D eigenvalue weighted by Crippen LogP contribution is 2.30. The van der Waals surface area contributed by atoms with Crippen LogP contribution in [0.15, 0.2) is 28.7 Å². The van der Waals surface area contributed by atoms with Crippen LogP contribution in [0.4, 0.5) is 0 Å². The lowest BCUT2D eigenvalue weighted by molar-refractivity contribution is 0.447. The van der Waals surface area contributed by atoms with Crippen LogP contribution in [0.5, 0.6) is 0 Å². The van der Waals surface area contributed by atoms with E-state index in [1.165, 1.54) is 29.5 Å². The van der Waals surface area contributed by atoms with Gasteiger partial charge in [-0.1, -0.05) is 18.2 Å². The third-order valence-electron chi connectivity index (χ3n) is 3.95. The Morgan fingerprint density at radius 1 is 1.42 bits per heavy atom. The van der Waals surface area contributed by atoms with E-state index in [9.17, 15) is 0 Å². The van der Waals surface area contributed by atoms with E-state index < -0.39 is 0 Å². The van der Waals surface area contributed by atoms with E-state index in [4.69, 9.17) is 4.42 Å². The highest BCUT2D eigenvalue weighted by molar-refractivity contribution is 8.00. The lowest BCUT2D eigenvalue weighted by Gasteiger charge is -2.15. The van der Waals surface area contributed by atoms with Crippen LogP contribution in [0.2, 0.25) is 0 Å². The lowest BCUT2D eigenvalue weighted by atomic mass is 10.1. The smallest absolute Gasteiger partial charge is 0.134 e. The minimum atomic E-state index is 0.286. The van der Waals surface area contributed by atoms with Gasteiger partial charge in [-0.3, -0.25) is 0 Å². The standard InChI is InChI=1S/C16H21NOS/c1-11-14-7-3-4-8-15(14)18-16(11)12(2)17-10-13-6-5-9-19-13/h3-4,7-8,12-13,17H,5-6,9-10H2,1-2H3. The molecule has 0 saturated carbocycles. The van der Waals surface area contributed by atoms with Gasteiger partial charge in [0.1, 0.15) is 11.3 Å². The number of thioether (sulfide) groups is 1. The van der Waals surface area contributed by atoms with E-state index in [1.807, 2.05) is 12.1 Å². The number of aryl methyl sites for hydroxylation is 1. The van der Waals surface area contributed by atoms with Crippen LogP contribution in [-0.2, 0) is 0 Å². The summed E-state index contributed by atoms with van der Waals surface area (Å²) in [6, 6.07) is 8.57. The topological polar surface area (TPSA) is 25.2 Å². The Kier molecular flexibility index (Phi) is 3.85. The lowest BCUT2D eigenvalue weighted by Crippen LogP contribution is -2.26. The van der Waals surface area contributed by atoms with E-state index in [0.29, 0.717) is 0 Å². The molecule has 1 fully saturated rings. The average molecular weight is 275 g/mol. The van der Waals surface area contributed by atoms with Crippen LogP contribution in [0.25, 0.3) is 11.0 Å². The normalized spacial score (nSPS) is 21.1. The predicted octanol–water partition coefficient (Wildman–Crippen LogP) is 4.29. The Hall–Kier alpha value is -0.930. The molecule has 2 heterocycles. The van der Waals surface area contributed by atoms with Gasteiger partial charge in [0.05, 0.1) is 6.04 Å². The van der Waals surface area contributed by atoms with Crippen molar-refractivity contribution < 1.29 is 4.42 Å². The molecule has 3 heteroatoms. The zero-order chi connectivity index (χ0) is 13.2. The SMILES string of the molecule is Cc1c(C(C)NCC2CCCS2)oc2ccccc12. The molecule has 2 atom stereocenters. The second-order valence-electron chi connectivity index (χ2n) is 5.35. The third kappa shape index (κ3) is 2.67. The maximum Gasteiger partial charge on any atom is 0.134 e. The number of furan rings is 1. The molecule has 0 aliphatic carbocycles. The van der Waals surface area contributed by atoms with E-state index in [2.05, 4.69) is 43.1 Å². The predicted molar refractivity (Wildman–Crippen MR) is 82.8 cm³/mol. The zero-order valence-corrected chi connectivity index (χ0v) is 12.4. The maximum absolute atomic E-state index is 6.01. The molecule has 102 valence electrons. The molecule has 2 aromatic rings. The molecular formula is C16H21NOS. The molecule has 1 aromatic heterocycles. The monoisotopic (exact) mass is 275 g/mol. The van der Waals surface area contributed by atoms with Crippen LogP contribution >= 0.6 is 11.8 Å². The number of rotatable bonds is 4. The Morgan fingerprint density at radius 3 is 3.00 bits per heavy atom. The number of nitrogens with one attached hydrogen (secondary N) is 1. The molecule has 1 N–H and O–H groups in total. The summed E-state index contributed by atoms with van der Waals surface area (Å²) in [4.78, 5) is 0. The number of hydrogen-bond donors (Lipinski definition) is 1. The number of hydrogen-bond acceptors (Lipinski definition) is 3. The molecule has 1 aromatic carbocycles. The van der Waals surface area contributed by atoms with E-state index in [0.717, 1.165) is 23.1 Å². The van der Waals surface area contributed by atoms with Gasteiger partial charge >= 0.3 is 0 Å². The van der Waals surface area contributed by atoms with Crippen LogP contribution < -0.4 is 5.32 Å². The molecule has 3 rings (SSSR count). The van der Waals surface area contributed by atoms with Crippen molar-refractivity contribution in [1.82, 2.24) is 5.32 Å². The summed E-state index contributed by atoms with van der Waals surface area (Å²) >= 11 is 2.10. The van der Waals surface area contributed by atoms with Gasteiger partial charge in [-0.15, -0.1) is 0 Å². The molecule has 0 spiro atoms. The highest BCUT2D eigenvalue weighted by atomic mass is 32.2. The summed E-state index contributed by atoms with van der Waals surface area (Å²) in [5, 5.41) is 5.65. The van der Waals surface area contributed by atoms with E-state index >= 15 is 0 Å². The van der Waals surface area contributed by atoms with Gasteiger partial charge in [0.25, 0.3) is 0 Å². The molecule has 1 aliphatic rings. The van der Waals surface area contributed by atoms with Crippen molar-refractivity contribution in [1.29, 1.82) is 0 Å². The van der Waals surface area contributed by atoms with Gasteiger partial charge in [0.2, 0.25) is 0 Å². The van der Waals surface area contributed by atoms with Crippen LogP contribution in [0.1, 0.15) is 37.1 Å². The molecule has 0 amide bonds. The third-order valence-corrected chi connectivity index (χ3v) is 5.35. The number of fused-ring (bicyclic) bond motifs is 1. The number of benzene rings is 1. The Labute approximate surface area is 118 Å². The molecule has 2 nitrogen and oxygen atoms in total. The summed E-state index contributed by atoms with van der Waals surface area (Å²) in [6.07, 6.45) is 2.72. The zero-order valence-electron chi connectivity index (χ0n) is 11.6. The molecule has 1 aliphatic heterocycles. The molecule has 19 heavy (non-hydrogen) atoms. The Morgan fingerprint density at radius 2 is 2.26 bits per heavy atom. The quantitative estimate of drug-likeness (QED) is 0.901. The van der Waals surface area contributed by atoms with Crippen molar-refractivity contribution >= 4 is 22.7 Å². The molecular weight excluding hydrogens is 254 g/mol. The molecule has 0 bridgehead atoms. The summed E-state index contributed by atoms with van der Waals surface area (Å²) in [5.41, 5.74) is 2.27. The summed E-state index contributed by atoms with van der Waals surface area (Å²) < 4.78 is 6.01. The summed E-state index contributed by atoms with van der Waals surface area (Å²) in [6.45, 7) is 5.44. The van der Waals surface area contributed by atoms with Crippen molar-refractivity contribution in [3.05, 3.63) is 35.6 Å². The van der Waals surface area contributed by atoms with Crippen molar-refractivity contribution in [2.45, 2.75) is 38.0 Å². The first kappa shape index (κ1) is 13.1. The Bertz CT molecular complexity index is 557. The van der Waals surface area contributed by atoms with Crippen molar-refractivity contribution in [2.24, 2.45) is 0 Å². The Balaban J connectivity index is 1.73. The fourth-order valence-corrected chi connectivity index (χ4v) is 4.03. The minimum Gasteiger partial charge on any atom is -0.459 e.